The highest BCUT2D eigenvalue weighted by Crippen LogP contribution is 2.34. The number of benzene rings is 1. The van der Waals surface area contributed by atoms with E-state index in [1.807, 2.05) is 0 Å². The van der Waals surface area contributed by atoms with Crippen molar-refractivity contribution >= 4 is 29.2 Å². The Kier molecular flexibility index (Phi) is 4.53. The van der Waals surface area contributed by atoms with Crippen LogP contribution in [0, 0.1) is 5.92 Å². The van der Waals surface area contributed by atoms with Crippen LogP contribution < -0.4 is 0 Å². The van der Waals surface area contributed by atoms with Crippen LogP contribution in [0.25, 0.3) is 0 Å². The fourth-order valence-corrected chi connectivity index (χ4v) is 2.31. The standard InChI is InChI=1S/C15H17ClN2O4/c1-9(2)15(21)8-12(14(20)22-3)17-18(15)13(19)10-4-6-11(16)7-5-10/h4-7,9,21H,8H2,1-3H3/t15-/m1/s1. The predicted octanol–water partition coefficient (Wildman–Crippen LogP) is 2.06. The van der Waals surface area contributed by atoms with Crippen molar-refractivity contribution in [1.29, 1.82) is 0 Å². The Hall–Kier alpha value is -1.92. The topological polar surface area (TPSA) is 79.2 Å². The van der Waals surface area contributed by atoms with E-state index < -0.39 is 17.6 Å². The number of nitrogens with zero attached hydrogens (tertiary/aromatic N) is 2. The molecule has 0 fully saturated rings. The molecule has 2 rings (SSSR count). The molecule has 0 spiro atoms. The van der Waals surface area contributed by atoms with Gasteiger partial charge in [-0.15, -0.1) is 0 Å². The zero-order valence-electron chi connectivity index (χ0n) is 12.5. The van der Waals surface area contributed by atoms with Gasteiger partial charge in [0.2, 0.25) is 0 Å². The second-order valence-corrected chi connectivity index (χ2v) is 5.81. The number of esters is 1. The summed E-state index contributed by atoms with van der Waals surface area (Å²) in [5.41, 5.74) is -1.24. The van der Waals surface area contributed by atoms with Crippen molar-refractivity contribution < 1.29 is 19.4 Å². The van der Waals surface area contributed by atoms with Gasteiger partial charge in [-0.2, -0.15) is 10.1 Å². The lowest BCUT2D eigenvalue weighted by molar-refractivity contribution is -0.133. The quantitative estimate of drug-likeness (QED) is 0.863. The summed E-state index contributed by atoms with van der Waals surface area (Å²) >= 11 is 5.80. The summed E-state index contributed by atoms with van der Waals surface area (Å²) in [5, 5.41) is 16.2. The molecule has 1 aliphatic heterocycles. The predicted molar refractivity (Wildman–Crippen MR) is 81.5 cm³/mol. The van der Waals surface area contributed by atoms with E-state index in [0.717, 1.165) is 5.01 Å². The maximum atomic E-state index is 12.6. The van der Waals surface area contributed by atoms with Crippen LogP contribution in [0.4, 0.5) is 0 Å². The van der Waals surface area contributed by atoms with Gasteiger partial charge in [0.15, 0.2) is 11.4 Å². The molecule has 0 saturated carbocycles. The molecule has 6 nitrogen and oxygen atoms in total. The summed E-state index contributed by atoms with van der Waals surface area (Å²) in [6.45, 7) is 3.50. The average molecular weight is 325 g/mol. The Morgan fingerprint density at radius 3 is 2.45 bits per heavy atom. The molecule has 1 aliphatic rings. The van der Waals surface area contributed by atoms with E-state index in [-0.39, 0.29) is 18.1 Å². The van der Waals surface area contributed by atoms with Crippen molar-refractivity contribution in [2.75, 3.05) is 7.11 Å². The first-order valence-corrected chi connectivity index (χ1v) is 7.15. The van der Waals surface area contributed by atoms with Crippen molar-refractivity contribution in [3.05, 3.63) is 34.9 Å². The molecule has 0 saturated heterocycles. The van der Waals surface area contributed by atoms with E-state index in [1.165, 1.54) is 19.2 Å². The van der Waals surface area contributed by atoms with Gasteiger partial charge in [0.1, 0.15) is 0 Å². The third kappa shape index (κ3) is 2.84. The fourth-order valence-electron chi connectivity index (χ4n) is 2.18. The van der Waals surface area contributed by atoms with Crippen LogP contribution in [0.1, 0.15) is 30.6 Å². The van der Waals surface area contributed by atoms with Crippen molar-refractivity contribution in [3.8, 4) is 0 Å². The average Bonchev–Trinajstić information content (AvgIpc) is 2.86. The number of halogens is 1. The molecule has 7 heteroatoms. The lowest BCUT2D eigenvalue weighted by Crippen LogP contribution is -2.50. The third-order valence-electron chi connectivity index (χ3n) is 3.64. The smallest absolute Gasteiger partial charge is 0.354 e. The number of methoxy groups -OCH3 is 1. The SMILES string of the molecule is COC(=O)C1=NN(C(=O)c2ccc(Cl)cc2)[C@](O)(C(C)C)C1. The van der Waals surface area contributed by atoms with E-state index >= 15 is 0 Å². The minimum atomic E-state index is -1.57. The molecule has 0 aromatic heterocycles. The largest absolute Gasteiger partial charge is 0.464 e. The highest BCUT2D eigenvalue weighted by molar-refractivity contribution is 6.37. The first-order chi connectivity index (χ1) is 10.3. The molecule has 118 valence electrons. The van der Waals surface area contributed by atoms with Crippen molar-refractivity contribution in [2.45, 2.75) is 26.0 Å². The third-order valence-corrected chi connectivity index (χ3v) is 3.90. The van der Waals surface area contributed by atoms with Gasteiger partial charge in [-0.25, -0.2) is 4.79 Å². The summed E-state index contributed by atoms with van der Waals surface area (Å²) in [6.07, 6.45) is -0.0727. The molecule has 0 aliphatic carbocycles. The van der Waals surface area contributed by atoms with Gasteiger partial charge in [0.25, 0.3) is 5.91 Å². The molecular formula is C15H17ClN2O4. The minimum absolute atomic E-state index is 0.0148. The summed E-state index contributed by atoms with van der Waals surface area (Å²) in [4.78, 5) is 24.3. The Morgan fingerprint density at radius 2 is 1.95 bits per heavy atom. The first-order valence-electron chi connectivity index (χ1n) is 6.78. The van der Waals surface area contributed by atoms with Gasteiger partial charge in [-0.1, -0.05) is 25.4 Å². The Balaban J connectivity index is 2.39. The van der Waals surface area contributed by atoms with Crippen LogP contribution in [0.2, 0.25) is 5.02 Å². The number of ether oxygens (including phenoxy) is 1. The molecule has 0 bridgehead atoms. The van der Waals surface area contributed by atoms with E-state index in [4.69, 9.17) is 11.6 Å². The molecule has 0 radical (unpaired) electrons. The van der Waals surface area contributed by atoms with E-state index in [0.29, 0.717) is 10.6 Å². The molecule has 1 aromatic rings. The number of aliphatic hydroxyl groups is 1. The van der Waals surface area contributed by atoms with Gasteiger partial charge in [0.05, 0.1) is 7.11 Å². The molecule has 1 heterocycles. The number of carbonyl (C=O) groups excluding carboxylic acids is 2. The Labute approximate surface area is 133 Å². The molecular weight excluding hydrogens is 308 g/mol. The zero-order valence-corrected chi connectivity index (χ0v) is 13.3. The van der Waals surface area contributed by atoms with Crippen LogP contribution in [-0.2, 0) is 9.53 Å². The maximum Gasteiger partial charge on any atom is 0.354 e. The van der Waals surface area contributed by atoms with Crippen LogP contribution in [-0.4, -0.2) is 40.5 Å². The Bertz CT molecular complexity index is 627. The number of amides is 1. The van der Waals surface area contributed by atoms with Gasteiger partial charge < -0.3 is 9.84 Å². The van der Waals surface area contributed by atoms with Crippen LogP contribution in [0.3, 0.4) is 0 Å². The van der Waals surface area contributed by atoms with Crippen molar-refractivity contribution in [3.63, 3.8) is 0 Å². The highest BCUT2D eigenvalue weighted by atomic mass is 35.5. The lowest BCUT2D eigenvalue weighted by atomic mass is 9.94. The molecule has 1 aromatic carbocycles. The minimum Gasteiger partial charge on any atom is -0.464 e. The van der Waals surface area contributed by atoms with Crippen molar-refractivity contribution in [2.24, 2.45) is 11.0 Å². The lowest BCUT2D eigenvalue weighted by Gasteiger charge is -2.34. The van der Waals surface area contributed by atoms with E-state index in [9.17, 15) is 14.7 Å². The number of hydrazone groups is 1. The fraction of sp³-hybridized carbons (Fsp3) is 0.400. The second kappa shape index (κ2) is 6.06. The number of carbonyl (C=O) groups is 2. The summed E-state index contributed by atoms with van der Waals surface area (Å²) < 4.78 is 4.62. The van der Waals surface area contributed by atoms with Crippen LogP contribution in [0.15, 0.2) is 29.4 Å². The number of rotatable bonds is 3. The molecule has 1 amide bonds. The van der Waals surface area contributed by atoms with Crippen LogP contribution in [0.5, 0.6) is 0 Å². The van der Waals surface area contributed by atoms with Gasteiger partial charge >= 0.3 is 5.97 Å². The summed E-state index contributed by atoms with van der Waals surface area (Å²) in [7, 11) is 1.23. The molecule has 1 N–H and O–H groups in total. The molecule has 1 atom stereocenters. The second-order valence-electron chi connectivity index (χ2n) is 5.37. The number of hydrogen-bond donors (Lipinski definition) is 1. The maximum absolute atomic E-state index is 12.6. The monoisotopic (exact) mass is 324 g/mol. The van der Waals surface area contributed by atoms with Gasteiger partial charge in [-0.3, -0.25) is 4.79 Å². The van der Waals surface area contributed by atoms with Crippen LogP contribution >= 0.6 is 11.6 Å². The number of hydrogen-bond acceptors (Lipinski definition) is 5. The van der Waals surface area contributed by atoms with Gasteiger partial charge in [-0.05, 0) is 24.3 Å². The normalized spacial score (nSPS) is 21.0. The van der Waals surface area contributed by atoms with E-state index in [2.05, 4.69) is 9.84 Å². The Morgan fingerprint density at radius 1 is 1.36 bits per heavy atom. The molecule has 22 heavy (non-hydrogen) atoms. The first kappa shape index (κ1) is 16.5. The van der Waals surface area contributed by atoms with E-state index in [1.54, 1.807) is 26.0 Å². The summed E-state index contributed by atoms with van der Waals surface area (Å²) in [6, 6.07) is 6.22. The zero-order chi connectivity index (χ0) is 16.5. The van der Waals surface area contributed by atoms with Gasteiger partial charge in [0, 0.05) is 22.9 Å². The molecule has 0 unspecified atom stereocenters. The summed E-state index contributed by atoms with van der Waals surface area (Å²) in [5.74, 6) is -1.49. The highest BCUT2D eigenvalue weighted by Gasteiger charge is 2.48. The van der Waals surface area contributed by atoms with Crippen molar-refractivity contribution in [1.82, 2.24) is 5.01 Å².